The Kier molecular flexibility index (Phi) is 5.86. The topological polar surface area (TPSA) is 96.8 Å². The fourth-order valence-electron chi connectivity index (χ4n) is 3.90. The van der Waals surface area contributed by atoms with Crippen LogP contribution in [0.4, 0.5) is 9.59 Å². The molecule has 0 aromatic carbocycles. The van der Waals surface area contributed by atoms with Crippen LogP contribution in [-0.2, 0) is 16.1 Å². The maximum Gasteiger partial charge on any atom is 0.407 e. The molecule has 9 heteroatoms. The monoisotopic (exact) mass is 405 g/mol. The Balaban J connectivity index is 1.45. The number of carbonyl (C=O) groups is 3. The van der Waals surface area contributed by atoms with Crippen LogP contribution in [0.15, 0.2) is 6.20 Å². The van der Waals surface area contributed by atoms with Crippen LogP contribution < -0.4 is 5.32 Å². The minimum Gasteiger partial charge on any atom is -0.444 e. The number of aromatic nitrogens is 2. The molecule has 1 fully saturated rings. The van der Waals surface area contributed by atoms with E-state index in [2.05, 4.69) is 10.3 Å². The zero-order valence-corrected chi connectivity index (χ0v) is 17.9. The van der Waals surface area contributed by atoms with Crippen molar-refractivity contribution < 1.29 is 19.1 Å². The zero-order valence-electron chi connectivity index (χ0n) is 17.9. The highest BCUT2D eigenvalue weighted by atomic mass is 16.6. The van der Waals surface area contributed by atoms with E-state index in [1.54, 1.807) is 38.5 Å². The van der Waals surface area contributed by atoms with Crippen LogP contribution in [0.3, 0.4) is 0 Å². The molecule has 1 aromatic rings. The number of alkyl carbamates (subject to hydrolysis) is 1. The lowest BCUT2D eigenvalue weighted by Gasteiger charge is -2.36. The van der Waals surface area contributed by atoms with Crippen LogP contribution in [0.25, 0.3) is 0 Å². The lowest BCUT2D eigenvalue weighted by molar-refractivity contribution is -0.133. The summed E-state index contributed by atoms with van der Waals surface area (Å²) < 4.78 is 6.89. The van der Waals surface area contributed by atoms with Crippen LogP contribution in [0.2, 0.25) is 0 Å². The van der Waals surface area contributed by atoms with E-state index in [0.29, 0.717) is 25.5 Å². The maximum absolute atomic E-state index is 12.7. The fraction of sp³-hybridized carbons (Fsp3) is 0.700. The number of imidazole rings is 1. The second kappa shape index (κ2) is 8.04. The number of hydrogen-bond acceptors (Lipinski definition) is 5. The van der Waals surface area contributed by atoms with Gasteiger partial charge in [-0.2, -0.15) is 0 Å². The number of nitrogens with one attached hydrogen (secondary N) is 1. The highest BCUT2D eigenvalue weighted by Crippen LogP contribution is 2.26. The van der Waals surface area contributed by atoms with Gasteiger partial charge in [0.25, 0.3) is 0 Å². The molecule has 0 aliphatic carbocycles. The SMILES string of the molecule is Cc1ncc2n1C(=O)N(C1CCN(C(=O)CC(C)NC(=O)OC(C)(C)C)CC1)C2. The molecule has 2 aliphatic heterocycles. The normalized spacial score (nSPS) is 18.6. The van der Waals surface area contributed by atoms with Gasteiger partial charge in [0.1, 0.15) is 11.4 Å². The molecule has 9 nitrogen and oxygen atoms in total. The summed E-state index contributed by atoms with van der Waals surface area (Å²) in [5.41, 5.74) is 0.353. The number of nitrogens with zero attached hydrogens (tertiary/aromatic N) is 4. The third-order valence-corrected chi connectivity index (χ3v) is 5.28. The van der Waals surface area contributed by atoms with Gasteiger partial charge in [-0.15, -0.1) is 0 Å². The molecule has 0 saturated carbocycles. The van der Waals surface area contributed by atoms with Gasteiger partial charge in [0, 0.05) is 31.6 Å². The lowest BCUT2D eigenvalue weighted by atomic mass is 10.0. The van der Waals surface area contributed by atoms with Crippen LogP contribution >= 0.6 is 0 Å². The first-order valence-electron chi connectivity index (χ1n) is 10.2. The second-order valence-corrected chi connectivity index (χ2v) is 8.91. The van der Waals surface area contributed by atoms with E-state index in [9.17, 15) is 14.4 Å². The minimum atomic E-state index is -0.571. The molecule has 3 heterocycles. The number of fused-ring (bicyclic) bond motifs is 1. The number of piperidine rings is 1. The summed E-state index contributed by atoms with van der Waals surface area (Å²) >= 11 is 0. The van der Waals surface area contributed by atoms with E-state index in [0.717, 1.165) is 18.5 Å². The maximum atomic E-state index is 12.7. The molecule has 1 saturated heterocycles. The quantitative estimate of drug-likeness (QED) is 0.829. The van der Waals surface area contributed by atoms with E-state index in [4.69, 9.17) is 4.74 Å². The van der Waals surface area contributed by atoms with Crippen molar-refractivity contribution in [1.29, 1.82) is 0 Å². The predicted molar refractivity (Wildman–Crippen MR) is 106 cm³/mol. The molecule has 29 heavy (non-hydrogen) atoms. The van der Waals surface area contributed by atoms with Gasteiger partial charge in [-0.25, -0.2) is 14.6 Å². The van der Waals surface area contributed by atoms with Gasteiger partial charge in [0.05, 0.1) is 18.4 Å². The van der Waals surface area contributed by atoms with Crippen molar-refractivity contribution in [3.8, 4) is 0 Å². The number of aryl methyl sites for hydroxylation is 1. The molecular formula is C20H31N5O4. The van der Waals surface area contributed by atoms with Gasteiger partial charge in [0.15, 0.2) is 0 Å². The van der Waals surface area contributed by atoms with Gasteiger partial charge in [-0.3, -0.25) is 9.36 Å². The summed E-state index contributed by atoms with van der Waals surface area (Å²) in [5, 5.41) is 2.71. The third kappa shape index (κ3) is 4.89. The minimum absolute atomic E-state index is 0.00561. The molecule has 0 bridgehead atoms. The number of likely N-dealkylation sites (tertiary alicyclic amines) is 1. The molecule has 1 atom stereocenters. The van der Waals surface area contributed by atoms with E-state index < -0.39 is 11.7 Å². The number of ether oxygens (including phenoxy) is 1. The first-order valence-corrected chi connectivity index (χ1v) is 10.2. The first kappa shape index (κ1) is 21.1. The van der Waals surface area contributed by atoms with Crippen molar-refractivity contribution in [3.63, 3.8) is 0 Å². The third-order valence-electron chi connectivity index (χ3n) is 5.28. The number of hydrogen-bond donors (Lipinski definition) is 1. The van der Waals surface area contributed by atoms with E-state index in [-0.39, 0.29) is 30.4 Å². The van der Waals surface area contributed by atoms with Crippen LogP contribution in [-0.4, -0.2) is 68.2 Å². The van der Waals surface area contributed by atoms with Gasteiger partial charge in [0.2, 0.25) is 5.91 Å². The summed E-state index contributed by atoms with van der Waals surface area (Å²) in [4.78, 5) is 45.0. The Labute approximate surface area is 171 Å². The summed E-state index contributed by atoms with van der Waals surface area (Å²) in [5.74, 6) is 0.720. The Hall–Kier alpha value is -2.58. The summed E-state index contributed by atoms with van der Waals surface area (Å²) in [6.45, 7) is 10.8. The van der Waals surface area contributed by atoms with Crippen molar-refractivity contribution in [2.75, 3.05) is 13.1 Å². The predicted octanol–water partition coefficient (Wildman–Crippen LogP) is 2.27. The van der Waals surface area contributed by atoms with Gasteiger partial charge >= 0.3 is 12.1 Å². The van der Waals surface area contributed by atoms with Crippen LogP contribution in [0.1, 0.15) is 58.5 Å². The summed E-state index contributed by atoms with van der Waals surface area (Å²) in [6.07, 6.45) is 2.97. The summed E-state index contributed by atoms with van der Waals surface area (Å²) in [7, 11) is 0. The first-order chi connectivity index (χ1) is 13.5. The van der Waals surface area contributed by atoms with E-state index >= 15 is 0 Å². The molecular weight excluding hydrogens is 374 g/mol. The van der Waals surface area contributed by atoms with Crippen molar-refractivity contribution in [1.82, 2.24) is 24.7 Å². The number of carbonyl (C=O) groups excluding carboxylic acids is 3. The average molecular weight is 405 g/mol. The molecule has 1 unspecified atom stereocenters. The molecule has 0 spiro atoms. The standard InChI is InChI=1S/C20H31N5O4/c1-13(22-18(27)29-20(3,4)5)10-17(26)23-8-6-15(7-9-23)24-12-16-11-21-14(2)25(16)19(24)28/h11,13,15H,6-10,12H2,1-5H3,(H,22,27). The van der Waals surface area contributed by atoms with Gasteiger partial charge in [-0.05, 0) is 47.5 Å². The van der Waals surface area contributed by atoms with Crippen LogP contribution in [0, 0.1) is 6.92 Å². The fourth-order valence-corrected chi connectivity index (χ4v) is 3.90. The summed E-state index contributed by atoms with van der Waals surface area (Å²) in [6, 6.07) is -0.199. The zero-order chi connectivity index (χ0) is 21.3. The molecule has 1 N–H and O–H groups in total. The molecule has 1 aromatic heterocycles. The number of rotatable bonds is 4. The van der Waals surface area contributed by atoms with Crippen molar-refractivity contribution in [2.24, 2.45) is 0 Å². The van der Waals surface area contributed by atoms with Gasteiger partial charge < -0.3 is 19.9 Å². The highest BCUT2D eigenvalue weighted by molar-refractivity contribution is 5.81. The lowest BCUT2D eigenvalue weighted by Crippen LogP contribution is -2.48. The second-order valence-electron chi connectivity index (χ2n) is 8.91. The molecule has 2 aliphatic rings. The van der Waals surface area contributed by atoms with E-state index in [1.165, 1.54) is 0 Å². The Morgan fingerprint density at radius 3 is 2.55 bits per heavy atom. The van der Waals surface area contributed by atoms with E-state index in [1.807, 2.05) is 16.7 Å². The average Bonchev–Trinajstić information content (AvgIpc) is 3.13. The highest BCUT2D eigenvalue weighted by Gasteiger charge is 2.36. The largest absolute Gasteiger partial charge is 0.444 e. The Bertz CT molecular complexity index is 789. The van der Waals surface area contributed by atoms with Crippen molar-refractivity contribution >= 4 is 18.0 Å². The van der Waals surface area contributed by atoms with Gasteiger partial charge in [-0.1, -0.05) is 0 Å². The molecule has 160 valence electrons. The molecule has 0 radical (unpaired) electrons. The Morgan fingerprint density at radius 1 is 1.31 bits per heavy atom. The van der Waals surface area contributed by atoms with Crippen LogP contribution in [0.5, 0.6) is 0 Å². The molecule has 3 rings (SSSR count). The van der Waals surface area contributed by atoms with Crippen molar-refractivity contribution in [3.05, 3.63) is 17.7 Å². The smallest absolute Gasteiger partial charge is 0.407 e. The molecule has 3 amide bonds. The number of amides is 3. The Morgan fingerprint density at radius 2 is 1.97 bits per heavy atom. The van der Waals surface area contributed by atoms with Crippen molar-refractivity contribution in [2.45, 2.75) is 78.1 Å².